The van der Waals surface area contributed by atoms with Crippen LogP contribution in [0, 0.1) is 10.1 Å². The molecule has 0 aromatic heterocycles. The van der Waals surface area contributed by atoms with Gasteiger partial charge in [0.2, 0.25) is 11.7 Å². The third-order valence-electron chi connectivity index (χ3n) is 5.22. The summed E-state index contributed by atoms with van der Waals surface area (Å²) < 4.78 is 10.6. The van der Waals surface area contributed by atoms with Crippen LogP contribution in [0.4, 0.5) is 5.69 Å². The fourth-order valence-electron chi connectivity index (χ4n) is 3.01. The van der Waals surface area contributed by atoms with E-state index in [0.29, 0.717) is 15.6 Å². The second-order valence-electron chi connectivity index (χ2n) is 7.64. The van der Waals surface area contributed by atoms with Crippen LogP contribution in [0.25, 0.3) is 0 Å². The van der Waals surface area contributed by atoms with Crippen molar-refractivity contribution in [1.82, 2.24) is 10.2 Å². The van der Waals surface area contributed by atoms with Crippen LogP contribution in [0.3, 0.4) is 0 Å². The minimum atomic E-state index is -0.800. The molecule has 1 N–H and O–H groups in total. The Kier molecular flexibility index (Phi) is 9.95. The molecule has 11 heteroatoms. The highest BCUT2D eigenvalue weighted by atomic mass is 35.5. The van der Waals surface area contributed by atoms with E-state index in [2.05, 4.69) is 5.32 Å². The van der Waals surface area contributed by atoms with Crippen molar-refractivity contribution in [2.45, 2.75) is 45.8 Å². The number of benzene rings is 2. The Morgan fingerprint density at radius 1 is 1.15 bits per heavy atom. The number of hydrogen-bond donors (Lipinski definition) is 1. The highest BCUT2D eigenvalue weighted by Crippen LogP contribution is 2.31. The van der Waals surface area contributed by atoms with Crippen LogP contribution in [-0.2, 0) is 16.1 Å². The SMILES string of the molecule is CC[C@@H](C)NC(=O)[C@H](C)N(Cc1ccc(Cl)c(Cl)c1)C(=O)COc1ccc([N+](=O)[O-])c(OC)c1. The van der Waals surface area contributed by atoms with Crippen LogP contribution < -0.4 is 14.8 Å². The maximum atomic E-state index is 13.1. The van der Waals surface area contributed by atoms with Crippen LogP contribution in [0.5, 0.6) is 11.5 Å². The molecular formula is C23H27Cl2N3O6. The molecule has 0 aliphatic heterocycles. The molecule has 2 amide bonds. The lowest BCUT2D eigenvalue weighted by molar-refractivity contribution is -0.385. The number of carbonyl (C=O) groups excluding carboxylic acids is 2. The molecule has 0 aliphatic rings. The minimum Gasteiger partial charge on any atom is -0.490 e. The van der Waals surface area contributed by atoms with E-state index in [0.717, 1.165) is 6.42 Å². The molecule has 184 valence electrons. The van der Waals surface area contributed by atoms with E-state index >= 15 is 0 Å². The van der Waals surface area contributed by atoms with Crippen molar-refractivity contribution in [2.24, 2.45) is 0 Å². The molecule has 0 radical (unpaired) electrons. The molecule has 2 atom stereocenters. The van der Waals surface area contributed by atoms with Crippen molar-refractivity contribution in [2.75, 3.05) is 13.7 Å². The number of methoxy groups -OCH3 is 1. The van der Waals surface area contributed by atoms with E-state index in [-0.39, 0.29) is 35.7 Å². The Bertz CT molecular complexity index is 1050. The van der Waals surface area contributed by atoms with Crippen molar-refractivity contribution in [3.63, 3.8) is 0 Å². The Labute approximate surface area is 208 Å². The lowest BCUT2D eigenvalue weighted by Crippen LogP contribution is -2.50. The quantitative estimate of drug-likeness (QED) is 0.348. The first-order valence-corrected chi connectivity index (χ1v) is 11.3. The number of halogens is 2. The van der Waals surface area contributed by atoms with Crippen molar-refractivity contribution in [3.05, 3.63) is 62.1 Å². The molecule has 0 bridgehead atoms. The smallest absolute Gasteiger partial charge is 0.311 e. The van der Waals surface area contributed by atoms with Crippen LogP contribution in [-0.4, -0.2) is 47.4 Å². The summed E-state index contributed by atoms with van der Waals surface area (Å²) in [6.45, 7) is 5.14. The number of nitro benzene ring substituents is 1. The van der Waals surface area contributed by atoms with E-state index in [1.807, 2.05) is 13.8 Å². The van der Waals surface area contributed by atoms with Crippen molar-refractivity contribution in [3.8, 4) is 11.5 Å². The number of carbonyl (C=O) groups is 2. The molecule has 2 aromatic carbocycles. The standard InChI is InChI=1S/C23H27Cl2N3O6/c1-5-14(2)26-23(30)15(3)27(12-16-6-8-18(24)19(25)10-16)22(29)13-34-17-7-9-20(28(31)32)21(11-17)33-4/h6-11,14-15H,5,12-13H2,1-4H3,(H,26,30)/t14-,15+/m1/s1. The Balaban J connectivity index is 2.23. The van der Waals surface area contributed by atoms with Gasteiger partial charge in [0, 0.05) is 24.7 Å². The molecule has 0 spiro atoms. The molecule has 9 nitrogen and oxygen atoms in total. The monoisotopic (exact) mass is 511 g/mol. The molecular weight excluding hydrogens is 485 g/mol. The van der Waals surface area contributed by atoms with Gasteiger partial charge < -0.3 is 19.7 Å². The number of nitrogens with one attached hydrogen (secondary N) is 1. The summed E-state index contributed by atoms with van der Waals surface area (Å²) in [4.78, 5) is 37.7. The Hall–Kier alpha value is -3.04. The lowest BCUT2D eigenvalue weighted by atomic mass is 10.1. The summed E-state index contributed by atoms with van der Waals surface area (Å²) in [7, 11) is 1.30. The molecule has 0 saturated heterocycles. The maximum Gasteiger partial charge on any atom is 0.311 e. The van der Waals surface area contributed by atoms with Crippen LogP contribution in [0.15, 0.2) is 36.4 Å². The first-order valence-electron chi connectivity index (χ1n) is 10.6. The summed E-state index contributed by atoms with van der Waals surface area (Å²) in [6, 6.07) is 8.04. The van der Waals surface area contributed by atoms with Gasteiger partial charge in [-0.05, 0) is 44.0 Å². The van der Waals surface area contributed by atoms with Crippen LogP contribution in [0.2, 0.25) is 10.0 Å². The van der Waals surface area contributed by atoms with E-state index in [4.69, 9.17) is 32.7 Å². The highest BCUT2D eigenvalue weighted by Gasteiger charge is 2.27. The predicted molar refractivity (Wildman–Crippen MR) is 130 cm³/mol. The van der Waals surface area contributed by atoms with Gasteiger partial charge in [-0.15, -0.1) is 0 Å². The van der Waals surface area contributed by atoms with Gasteiger partial charge in [0.15, 0.2) is 6.61 Å². The molecule has 0 unspecified atom stereocenters. The third kappa shape index (κ3) is 7.23. The average molecular weight is 512 g/mol. The normalized spacial score (nSPS) is 12.4. The van der Waals surface area contributed by atoms with Gasteiger partial charge >= 0.3 is 5.69 Å². The van der Waals surface area contributed by atoms with Crippen molar-refractivity contribution in [1.29, 1.82) is 0 Å². The fraction of sp³-hybridized carbons (Fsp3) is 0.391. The third-order valence-corrected chi connectivity index (χ3v) is 5.95. The van der Waals surface area contributed by atoms with Gasteiger partial charge in [-0.25, -0.2) is 0 Å². The van der Waals surface area contributed by atoms with Crippen molar-refractivity contribution >= 4 is 40.7 Å². The second-order valence-corrected chi connectivity index (χ2v) is 8.46. The van der Waals surface area contributed by atoms with E-state index in [9.17, 15) is 19.7 Å². The zero-order chi connectivity index (χ0) is 25.4. The fourth-order valence-corrected chi connectivity index (χ4v) is 3.33. The topological polar surface area (TPSA) is 111 Å². The lowest BCUT2D eigenvalue weighted by Gasteiger charge is -2.29. The average Bonchev–Trinajstić information content (AvgIpc) is 2.82. The molecule has 0 saturated carbocycles. The number of amides is 2. The number of nitrogens with zero attached hydrogens (tertiary/aromatic N) is 2. The zero-order valence-corrected chi connectivity index (χ0v) is 20.9. The first-order chi connectivity index (χ1) is 16.1. The minimum absolute atomic E-state index is 0.00362. The second kappa shape index (κ2) is 12.4. The first kappa shape index (κ1) is 27.2. The largest absolute Gasteiger partial charge is 0.490 e. The number of ether oxygens (including phenoxy) is 2. The molecule has 0 fully saturated rings. The van der Waals surface area contributed by atoms with Gasteiger partial charge in [0.25, 0.3) is 5.91 Å². The summed E-state index contributed by atoms with van der Waals surface area (Å²) in [5.41, 5.74) is 0.459. The van der Waals surface area contributed by atoms with Crippen molar-refractivity contribution < 1.29 is 24.0 Å². The van der Waals surface area contributed by atoms with Crippen LogP contribution in [0.1, 0.15) is 32.8 Å². The molecule has 0 aliphatic carbocycles. The summed E-state index contributed by atoms with van der Waals surface area (Å²) >= 11 is 12.1. The Morgan fingerprint density at radius 3 is 2.44 bits per heavy atom. The summed E-state index contributed by atoms with van der Waals surface area (Å²) in [5, 5.41) is 14.7. The molecule has 2 rings (SSSR count). The number of hydrogen-bond acceptors (Lipinski definition) is 6. The van der Waals surface area contributed by atoms with Gasteiger partial charge in [-0.1, -0.05) is 36.2 Å². The molecule has 0 heterocycles. The van der Waals surface area contributed by atoms with Gasteiger partial charge in [-0.2, -0.15) is 0 Å². The van der Waals surface area contributed by atoms with Gasteiger partial charge in [0.1, 0.15) is 11.8 Å². The van der Waals surface area contributed by atoms with Gasteiger partial charge in [-0.3, -0.25) is 19.7 Å². The molecule has 2 aromatic rings. The van der Waals surface area contributed by atoms with E-state index in [1.54, 1.807) is 25.1 Å². The van der Waals surface area contributed by atoms with E-state index < -0.39 is 23.5 Å². The summed E-state index contributed by atoms with van der Waals surface area (Å²) in [5.74, 6) is -0.555. The Morgan fingerprint density at radius 2 is 1.85 bits per heavy atom. The highest BCUT2D eigenvalue weighted by molar-refractivity contribution is 6.42. The maximum absolute atomic E-state index is 13.1. The zero-order valence-electron chi connectivity index (χ0n) is 19.3. The number of rotatable bonds is 11. The summed E-state index contributed by atoms with van der Waals surface area (Å²) in [6.07, 6.45) is 0.740. The van der Waals surface area contributed by atoms with Gasteiger partial charge in [0.05, 0.1) is 22.1 Å². The van der Waals surface area contributed by atoms with E-state index in [1.165, 1.54) is 30.2 Å². The number of nitro groups is 1. The molecule has 34 heavy (non-hydrogen) atoms. The van der Waals surface area contributed by atoms with Crippen LogP contribution >= 0.6 is 23.2 Å². The predicted octanol–water partition coefficient (Wildman–Crippen LogP) is 4.62.